The van der Waals surface area contributed by atoms with Crippen molar-refractivity contribution in [2.45, 2.75) is 45.2 Å². The Hall–Kier alpha value is -3.55. The summed E-state index contributed by atoms with van der Waals surface area (Å²) in [4.78, 5) is 39.5. The lowest BCUT2D eigenvalue weighted by Crippen LogP contribution is -2.43. The number of fused-ring (bicyclic) bond motifs is 1. The molecule has 2 aromatic carbocycles. The van der Waals surface area contributed by atoms with Crippen LogP contribution in [0.5, 0.6) is 0 Å². The number of amides is 3. The first-order valence-electron chi connectivity index (χ1n) is 10.4. The Morgan fingerprint density at radius 2 is 1.71 bits per heavy atom. The summed E-state index contributed by atoms with van der Waals surface area (Å²) < 4.78 is 0. The van der Waals surface area contributed by atoms with Crippen molar-refractivity contribution in [3.8, 4) is 0 Å². The number of hydrogen-bond donors (Lipinski definition) is 1. The number of aryl methyl sites for hydroxylation is 1. The molecule has 1 fully saturated rings. The van der Waals surface area contributed by atoms with E-state index >= 15 is 0 Å². The van der Waals surface area contributed by atoms with Crippen LogP contribution < -0.4 is 10.2 Å². The molecule has 0 aromatic heterocycles. The Kier molecular flexibility index (Phi) is 5.54. The highest BCUT2D eigenvalue weighted by Gasteiger charge is 2.55. The molecule has 2 aromatic rings. The van der Waals surface area contributed by atoms with Crippen LogP contribution >= 0.6 is 0 Å². The van der Waals surface area contributed by atoms with Gasteiger partial charge in [-0.25, -0.2) is 4.90 Å². The van der Waals surface area contributed by atoms with Gasteiger partial charge < -0.3 is 5.32 Å². The summed E-state index contributed by atoms with van der Waals surface area (Å²) in [5.41, 5.74) is 3.46. The number of hydrogen-bond acceptors (Lipinski definition) is 6. The Balaban J connectivity index is 1.45. The SMILES string of the molecule is CCc1ccc(NC(=O)CN2N=N[C@H]3C(=O)N(c4ccc(C(C)C)cc4)C(=O)[C@H]32)cc1. The molecule has 1 saturated heterocycles. The van der Waals surface area contributed by atoms with Crippen molar-refractivity contribution in [1.82, 2.24) is 5.01 Å². The Bertz CT molecular complexity index is 1030. The van der Waals surface area contributed by atoms with Crippen LogP contribution in [-0.2, 0) is 20.8 Å². The smallest absolute Gasteiger partial charge is 0.263 e. The van der Waals surface area contributed by atoms with Gasteiger partial charge in [0, 0.05) is 5.69 Å². The van der Waals surface area contributed by atoms with Crippen LogP contribution in [0.1, 0.15) is 37.8 Å². The molecular weight excluding hydrogens is 394 g/mol. The van der Waals surface area contributed by atoms with Gasteiger partial charge in [0.2, 0.25) is 5.91 Å². The van der Waals surface area contributed by atoms with E-state index in [1.807, 2.05) is 36.4 Å². The Morgan fingerprint density at radius 3 is 2.32 bits per heavy atom. The van der Waals surface area contributed by atoms with Gasteiger partial charge in [-0.1, -0.05) is 50.3 Å². The minimum Gasteiger partial charge on any atom is -0.324 e. The summed E-state index contributed by atoms with van der Waals surface area (Å²) >= 11 is 0. The Morgan fingerprint density at radius 1 is 1.03 bits per heavy atom. The second-order valence-electron chi connectivity index (χ2n) is 8.05. The number of benzene rings is 2. The number of anilines is 2. The Labute approximate surface area is 180 Å². The number of nitrogens with one attached hydrogen (secondary N) is 1. The normalized spacial score (nSPS) is 20.0. The summed E-state index contributed by atoms with van der Waals surface area (Å²) in [7, 11) is 0. The first kappa shape index (κ1) is 20.7. The molecule has 31 heavy (non-hydrogen) atoms. The van der Waals surface area contributed by atoms with E-state index in [0.717, 1.165) is 16.9 Å². The van der Waals surface area contributed by atoms with Crippen molar-refractivity contribution in [3.63, 3.8) is 0 Å². The fraction of sp³-hybridized carbons (Fsp3) is 0.348. The lowest BCUT2D eigenvalue weighted by molar-refractivity contribution is -0.123. The molecule has 4 rings (SSSR count). The zero-order chi connectivity index (χ0) is 22.1. The van der Waals surface area contributed by atoms with Crippen LogP contribution in [0.2, 0.25) is 0 Å². The van der Waals surface area contributed by atoms with Crippen LogP contribution in [0.25, 0.3) is 0 Å². The second-order valence-corrected chi connectivity index (χ2v) is 8.05. The van der Waals surface area contributed by atoms with Crippen LogP contribution in [0.3, 0.4) is 0 Å². The van der Waals surface area contributed by atoms with Crippen molar-refractivity contribution in [2.24, 2.45) is 10.3 Å². The number of carbonyl (C=O) groups excluding carboxylic acids is 3. The topological polar surface area (TPSA) is 94.4 Å². The van der Waals surface area contributed by atoms with Crippen LogP contribution in [0.15, 0.2) is 58.9 Å². The standard InChI is InChI=1S/C23H25N5O3/c1-4-15-5-9-17(10-6-15)24-19(29)13-27-21-20(25-26-27)22(30)28(23(21)31)18-11-7-16(8-12-18)14(2)3/h5-12,14,20-21H,4,13H2,1-3H3,(H,24,29)/t20-,21+/m1/s1. The molecule has 160 valence electrons. The maximum atomic E-state index is 13.0. The van der Waals surface area contributed by atoms with Gasteiger partial charge in [0.05, 0.1) is 5.69 Å². The molecule has 2 atom stereocenters. The minimum atomic E-state index is -0.922. The first-order valence-corrected chi connectivity index (χ1v) is 10.4. The van der Waals surface area contributed by atoms with E-state index in [1.165, 1.54) is 10.6 Å². The fourth-order valence-corrected chi connectivity index (χ4v) is 3.79. The number of imide groups is 1. The molecular formula is C23H25N5O3. The summed E-state index contributed by atoms with van der Waals surface area (Å²) in [6, 6.07) is 13.1. The molecule has 2 aliphatic rings. The van der Waals surface area contributed by atoms with Crippen LogP contribution in [0, 0.1) is 0 Å². The number of rotatable bonds is 6. The molecule has 3 amide bonds. The predicted octanol–water partition coefficient (Wildman–Crippen LogP) is 3.30. The van der Waals surface area contributed by atoms with E-state index in [9.17, 15) is 14.4 Å². The zero-order valence-corrected chi connectivity index (χ0v) is 17.8. The van der Waals surface area contributed by atoms with Crippen molar-refractivity contribution >= 4 is 29.1 Å². The minimum absolute atomic E-state index is 0.167. The summed E-state index contributed by atoms with van der Waals surface area (Å²) in [5, 5.41) is 12.0. The van der Waals surface area contributed by atoms with Gasteiger partial charge in [-0.3, -0.25) is 19.4 Å². The van der Waals surface area contributed by atoms with Crippen LogP contribution in [-0.4, -0.2) is 41.4 Å². The van der Waals surface area contributed by atoms with Crippen molar-refractivity contribution in [2.75, 3.05) is 16.8 Å². The van der Waals surface area contributed by atoms with E-state index in [0.29, 0.717) is 17.3 Å². The molecule has 0 unspecified atom stereocenters. The van der Waals surface area contributed by atoms with Gasteiger partial charge >= 0.3 is 0 Å². The van der Waals surface area contributed by atoms with Gasteiger partial charge in [0.15, 0.2) is 12.1 Å². The summed E-state index contributed by atoms with van der Waals surface area (Å²) in [6.45, 7) is 6.05. The molecule has 0 bridgehead atoms. The van der Waals surface area contributed by atoms with E-state index in [2.05, 4.69) is 36.4 Å². The van der Waals surface area contributed by atoms with Gasteiger partial charge in [0.25, 0.3) is 11.8 Å². The average molecular weight is 419 g/mol. The molecule has 2 heterocycles. The summed E-state index contributed by atoms with van der Waals surface area (Å²) in [6.07, 6.45) is 0.915. The molecule has 8 heteroatoms. The molecule has 8 nitrogen and oxygen atoms in total. The lowest BCUT2D eigenvalue weighted by Gasteiger charge is -2.20. The van der Waals surface area contributed by atoms with Gasteiger partial charge in [-0.05, 0) is 47.7 Å². The molecule has 2 aliphatic heterocycles. The maximum Gasteiger partial charge on any atom is 0.263 e. The third-order valence-electron chi connectivity index (χ3n) is 5.63. The third-order valence-corrected chi connectivity index (χ3v) is 5.63. The molecule has 0 spiro atoms. The van der Waals surface area contributed by atoms with Crippen molar-refractivity contribution < 1.29 is 14.4 Å². The molecule has 0 radical (unpaired) electrons. The highest BCUT2D eigenvalue weighted by Crippen LogP contribution is 2.32. The van der Waals surface area contributed by atoms with E-state index in [1.54, 1.807) is 12.1 Å². The molecule has 1 N–H and O–H groups in total. The maximum absolute atomic E-state index is 13.0. The second kappa shape index (κ2) is 8.29. The average Bonchev–Trinajstić information content (AvgIpc) is 3.28. The summed E-state index contributed by atoms with van der Waals surface area (Å²) in [5.74, 6) is -0.824. The fourth-order valence-electron chi connectivity index (χ4n) is 3.79. The van der Waals surface area contributed by atoms with Crippen molar-refractivity contribution in [1.29, 1.82) is 0 Å². The van der Waals surface area contributed by atoms with Crippen molar-refractivity contribution in [3.05, 3.63) is 59.7 Å². The van der Waals surface area contributed by atoms with Gasteiger partial charge in [-0.2, -0.15) is 5.11 Å². The number of nitrogens with zero attached hydrogens (tertiary/aromatic N) is 4. The van der Waals surface area contributed by atoms with E-state index in [-0.39, 0.29) is 12.5 Å². The molecule has 0 saturated carbocycles. The van der Waals surface area contributed by atoms with Crippen LogP contribution in [0.4, 0.5) is 11.4 Å². The zero-order valence-electron chi connectivity index (χ0n) is 17.8. The quantitative estimate of drug-likeness (QED) is 0.727. The van der Waals surface area contributed by atoms with Gasteiger partial charge in [-0.15, -0.1) is 0 Å². The monoisotopic (exact) mass is 419 g/mol. The van der Waals surface area contributed by atoms with E-state index < -0.39 is 23.9 Å². The largest absolute Gasteiger partial charge is 0.324 e. The van der Waals surface area contributed by atoms with E-state index in [4.69, 9.17) is 0 Å². The van der Waals surface area contributed by atoms with Gasteiger partial charge in [0.1, 0.15) is 6.54 Å². The third kappa shape index (κ3) is 3.93. The lowest BCUT2D eigenvalue weighted by atomic mass is 10.0. The number of carbonyl (C=O) groups is 3. The highest BCUT2D eigenvalue weighted by atomic mass is 16.2. The first-order chi connectivity index (χ1) is 14.9. The molecule has 0 aliphatic carbocycles. The highest BCUT2D eigenvalue weighted by molar-refractivity contribution is 6.25. The predicted molar refractivity (Wildman–Crippen MR) is 117 cm³/mol.